The minimum absolute atomic E-state index is 0.118. The number of nitriles is 3. The molecular formula is C87H97N17O7S3. The van der Waals surface area contributed by atoms with Crippen LogP contribution in [0.4, 0.5) is 29.2 Å². The van der Waals surface area contributed by atoms with Crippen molar-refractivity contribution in [2.45, 2.75) is 178 Å². The molecule has 0 radical (unpaired) electrons. The summed E-state index contributed by atoms with van der Waals surface area (Å²) >= 11 is 5.25. The number of nitro groups is 1. The summed E-state index contributed by atoms with van der Waals surface area (Å²) < 4.78 is 24.4. The number of anilines is 4. The molecule has 114 heavy (non-hydrogen) atoms. The molecule has 15 rings (SSSR count). The highest BCUT2D eigenvalue weighted by molar-refractivity contribution is 8.00. The normalized spacial score (nSPS) is 15.9. The van der Waals surface area contributed by atoms with Crippen LogP contribution in [-0.4, -0.2) is 137 Å². The number of nitro benzene ring substituents is 1. The van der Waals surface area contributed by atoms with Gasteiger partial charge in [-0.15, -0.1) is 35.3 Å². The van der Waals surface area contributed by atoms with Crippen LogP contribution in [0.3, 0.4) is 0 Å². The van der Waals surface area contributed by atoms with Crippen molar-refractivity contribution in [3.8, 4) is 53.1 Å². The lowest BCUT2D eigenvalue weighted by Gasteiger charge is -2.32. The average Bonchev–Trinajstić information content (AvgIpc) is 0.799. The van der Waals surface area contributed by atoms with Crippen LogP contribution >= 0.6 is 35.3 Å². The Morgan fingerprint density at radius 2 is 0.825 bits per heavy atom. The topological polar surface area (TPSA) is 318 Å². The highest BCUT2D eigenvalue weighted by Gasteiger charge is 2.30. The third-order valence-electron chi connectivity index (χ3n) is 21.0. The lowest BCUT2D eigenvalue weighted by Crippen LogP contribution is -2.39. The zero-order valence-electron chi connectivity index (χ0n) is 65.8. The average molecular weight is 1590 g/mol. The summed E-state index contributed by atoms with van der Waals surface area (Å²) in [6.45, 7) is 22.3. The Morgan fingerprint density at radius 1 is 0.491 bits per heavy atom. The summed E-state index contributed by atoms with van der Waals surface area (Å²) in [5.41, 5.74) is 21.3. The van der Waals surface area contributed by atoms with Crippen molar-refractivity contribution in [3.05, 3.63) is 209 Å². The number of thioether (sulfide) groups is 3. The first-order valence-electron chi connectivity index (χ1n) is 39.3. The zero-order valence-corrected chi connectivity index (χ0v) is 68.2. The maximum absolute atomic E-state index is 12.1. The van der Waals surface area contributed by atoms with E-state index in [1.807, 2.05) is 121 Å². The number of nitrogen functional groups attached to an aromatic ring is 1. The van der Waals surface area contributed by atoms with Crippen LogP contribution in [-0.2, 0) is 43.6 Å². The van der Waals surface area contributed by atoms with Gasteiger partial charge in [0.05, 0.1) is 83.8 Å². The van der Waals surface area contributed by atoms with Crippen molar-refractivity contribution in [1.82, 2.24) is 44.6 Å². The van der Waals surface area contributed by atoms with E-state index in [-0.39, 0.29) is 28.7 Å². The number of esters is 1. The maximum Gasteiger partial charge on any atom is 0.338 e. The minimum atomic E-state index is -0.369. The van der Waals surface area contributed by atoms with Gasteiger partial charge in [-0.25, -0.2) is 19.7 Å². The molecule has 5 N–H and O–H groups in total. The number of piperidine rings is 3. The molecule has 24 nitrogen and oxygen atoms in total. The highest BCUT2D eigenvalue weighted by Crippen LogP contribution is 2.44. The van der Waals surface area contributed by atoms with Gasteiger partial charge in [0.2, 0.25) is 35.5 Å². The number of rotatable bonds is 21. The Bertz CT molecular complexity index is 5020. The second-order valence-electron chi connectivity index (χ2n) is 29.9. The van der Waals surface area contributed by atoms with Crippen LogP contribution in [0.5, 0.6) is 34.9 Å². The second kappa shape index (κ2) is 38.5. The van der Waals surface area contributed by atoms with E-state index in [1.54, 1.807) is 53.5 Å². The Labute approximate surface area is 680 Å². The first kappa shape index (κ1) is 81.4. The molecule has 0 bridgehead atoms. The van der Waals surface area contributed by atoms with Gasteiger partial charge in [0.1, 0.15) is 17.2 Å². The molecule has 9 aromatic rings. The molecule has 9 heterocycles. The van der Waals surface area contributed by atoms with E-state index in [4.69, 9.17) is 54.6 Å². The zero-order chi connectivity index (χ0) is 79.8. The number of ether oxygens (including phenoxy) is 4. The molecule has 27 heteroatoms. The number of aryl methyl sites for hydroxylation is 9. The fourth-order valence-corrected chi connectivity index (χ4v) is 18.3. The molecule has 3 saturated heterocycles. The fourth-order valence-electron chi connectivity index (χ4n) is 15.2. The van der Waals surface area contributed by atoms with Gasteiger partial charge in [0, 0.05) is 94.8 Å². The molecule has 6 aliphatic heterocycles. The number of nitrogens with one attached hydrogen (secondary N) is 3. The van der Waals surface area contributed by atoms with E-state index >= 15 is 0 Å². The van der Waals surface area contributed by atoms with Crippen molar-refractivity contribution in [3.63, 3.8) is 0 Å². The van der Waals surface area contributed by atoms with E-state index in [1.165, 1.54) is 5.56 Å². The first-order valence-corrected chi connectivity index (χ1v) is 42.3. The SMILES string of the molecule is CCOC(=O)c1cccc(CN2CCC(Nc3nc4c(c(Oc5c(C)cc(C#N)cc5C)n3)SCCC4)CC2)c1.Cc1cc(C#N)cc(C)c1Oc1nc(NC2CCN(Cc3ccc(N)cc3)CC2)nc2c1SCCC2.Cc1cc(C#N)cc(C)c1Oc1nc(NC2CCN(Cc3ccc([N+](=O)[O-])cc3)CC2)nc2c1SCCC2. The number of hydrogen-bond acceptors (Lipinski definition) is 26. The quantitative estimate of drug-likeness (QED) is 0.0225. The number of carbonyl (C=O) groups is 1. The third-order valence-corrected chi connectivity index (χ3v) is 24.6. The second-order valence-corrected chi connectivity index (χ2v) is 33.2. The number of nitrogens with two attached hydrogens (primary N) is 1. The van der Waals surface area contributed by atoms with Crippen molar-refractivity contribution in [1.29, 1.82) is 15.8 Å². The standard InChI is InChI=1S/C31H35N5O3S.C28H30N6O3S.C28H32N6OS/c1-4-38-30(37)24-8-5-7-22(17-24)19-36-12-10-25(11-13-36)33-31-34-26-9-6-14-40-28(26)29(35-31)39-27-20(2)15-23(18-32)16-21(27)3;1-18-14-21(16-29)15-19(2)25(18)37-27-26-24(4-3-13-38-26)31-28(32-27)30-22-9-11-33(12-10-22)17-20-5-7-23(8-6-20)34(35)36;1-18-14-21(16-29)15-19(2)25(18)35-27-26-24(4-3-13-36-26)32-28(33-27)31-23-9-11-34(12-10-23)17-20-5-7-22(30)8-6-20/h5,7-8,15-17,25H,4,6,9-14,19H2,1-3H3,(H,33,34,35);5-8,14-15,22H,3-4,9-13,17H2,1-2H3,(H,30,31,32);5-8,14-15,23H,3-4,9-13,17,30H2,1-2H3,(H,31,32,33). The number of hydrogen-bond donors (Lipinski definition) is 4. The van der Waals surface area contributed by atoms with Gasteiger partial charge in [-0.3, -0.25) is 24.8 Å². The molecule has 0 aliphatic carbocycles. The molecule has 3 aromatic heterocycles. The lowest BCUT2D eigenvalue weighted by molar-refractivity contribution is -0.384. The predicted octanol–water partition coefficient (Wildman–Crippen LogP) is 17.3. The Hall–Kier alpha value is -10.6. The van der Waals surface area contributed by atoms with E-state index in [0.29, 0.717) is 70.4 Å². The lowest BCUT2D eigenvalue weighted by atomic mass is 10.0. The number of likely N-dealkylation sites (tertiary alicyclic amines) is 3. The van der Waals surface area contributed by atoms with Crippen molar-refractivity contribution in [2.75, 3.05) is 84.8 Å². The van der Waals surface area contributed by atoms with Crippen LogP contribution < -0.4 is 35.9 Å². The Kier molecular flexibility index (Phi) is 27.5. The van der Waals surface area contributed by atoms with Gasteiger partial charge >= 0.3 is 5.97 Å². The van der Waals surface area contributed by atoms with E-state index in [9.17, 15) is 30.7 Å². The third kappa shape index (κ3) is 21.2. The molecule has 0 saturated carbocycles. The summed E-state index contributed by atoms with van der Waals surface area (Å²) in [6, 6.07) is 41.3. The Morgan fingerprint density at radius 3 is 1.15 bits per heavy atom. The maximum atomic E-state index is 12.1. The van der Waals surface area contributed by atoms with Crippen LogP contribution in [0.2, 0.25) is 0 Å². The van der Waals surface area contributed by atoms with Gasteiger partial charge in [0.25, 0.3) is 5.69 Å². The summed E-state index contributed by atoms with van der Waals surface area (Å²) in [5, 5.41) is 49.5. The molecule has 0 spiro atoms. The van der Waals surface area contributed by atoms with Gasteiger partial charge in [-0.2, -0.15) is 30.7 Å². The first-order chi connectivity index (χ1) is 55.3. The number of non-ortho nitro benzene ring substituents is 1. The van der Waals surface area contributed by atoms with Gasteiger partial charge in [0.15, 0.2) is 0 Å². The monoisotopic (exact) mass is 1590 g/mol. The summed E-state index contributed by atoms with van der Waals surface area (Å²) in [6.07, 6.45) is 11.9. The molecule has 3 fully saturated rings. The number of carbonyl (C=O) groups excluding carboxylic acids is 1. The molecule has 0 amide bonds. The molecule has 0 atom stereocenters. The van der Waals surface area contributed by atoms with Crippen molar-refractivity contribution in [2.24, 2.45) is 0 Å². The number of benzene rings is 6. The minimum Gasteiger partial charge on any atom is -0.462 e. The predicted molar refractivity (Wildman–Crippen MR) is 447 cm³/mol. The number of fused-ring (bicyclic) bond motifs is 3. The van der Waals surface area contributed by atoms with E-state index in [2.05, 4.69) is 67.1 Å². The molecule has 6 aliphatic rings. The van der Waals surface area contributed by atoms with Crippen molar-refractivity contribution >= 4 is 70.5 Å². The van der Waals surface area contributed by atoms with Crippen molar-refractivity contribution < 1.29 is 28.7 Å². The van der Waals surface area contributed by atoms with Gasteiger partial charge < -0.3 is 40.6 Å². The summed E-state index contributed by atoms with van der Waals surface area (Å²) in [4.78, 5) is 62.1. The van der Waals surface area contributed by atoms with Crippen LogP contribution in [0.15, 0.2) is 124 Å². The fraction of sp³-hybridized carbons (Fsp3) is 0.402. The van der Waals surface area contributed by atoms with Crippen LogP contribution in [0, 0.1) is 85.7 Å². The smallest absolute Gasteiger partial charge is 0.338 e. The van der Waals surface area contributed by atoms with E-state index < -0.39 is 0 Å². The Balaban J connectivity index is 0.000000149. The largest absolute Gasteiger partial charge is 0.462 e. The van der Waals surface area contributed by atoms with Gasteiger partial charge in [-0.05, 0) is 254 Å². The highest BCUT2D eigenvalue weighted by atomic mass is 32.2. The summed E-state index contributed by atoms with van der Waals surface area (Å²) in [5.74, 6) is 8.68. The molecule has 6 aromatic carbocycles. The molecule has 590 valence electrons. The molecule has 0 unspecified atom stereocenters. The summed E-state index contributed by atoms with van der Waals surface area (Å²) in [7, 11) is 0. The molecular weight excluding hydrogens is 1490 g/mol. The van der Waals surface area contributed by atoms with E-state index in [0.717, 1.165) is 252 Å². The number of aromatic nitrogens is 6. The van der Waals surface area contributed by atoms with Gasteiger partial charge in [-0.1, -0.05) is 36.4 Å². The van der Waals surface area contributed by atoms with Crippen LogP contribution in [0.25, 0.3) is 0 Å². The number of nitrogens with zero attached hydrogens (tertiary/aromatic N) is 13. The van der Waals surface area contributed by atoms with Crippen LogP contribution in [0.1, 0.15) is 159 Å².